The van der Waals surface area contributed by atoms with Gasteiger partial charge in [0.25, 0.3) is 0 Å². The SMILES string of the molecule is CCc1nnc(NC(C)C(=O)NCc2ccco2)nc1CC. The van der Waals surface area contributed by atoms with Gasteiger partial charge >= 0.3 is 0 Å². The van der Waals surface area contributed by atoms with Crippen molar-refractivity contribution >= 4 is 11.9 Å². The molecule has 2 N–H and O–H groups in total. The Bertz CT molecular complexity index is 612. The molecule has 1 unspecified atom stereocenters. The van der Waals surface area contributed by atoms with Crippen molar-refractivity contribution in [3.05, 3.63) is 35.5 Å². The maximum absolute atomic E-state index is 12.0. The number of carbonyl (C=O) groups is 1. The van der Waals surface area contributed by atoms with E-state index in [1.807, 2.05) is 19.9 Å². The molecule has 0 spiro atoms. The summed E-state index contributed by atoms with van der Waals surface area (Å²) in [5.41, 5.74) is 1.80. The smallest absolute Gasteiger partial charge is 0.243 e. The molecule has 2 aromatic heterocycles. The van der Waals surface area contributed by atoms with Gasteiger partial charge in [0, 0.05) is 0 Å². The number of aryl methyl sites for hydroxylation is 2. The fraction of sp³-hybridized carbons (Fsp3) is 0.467. The molecule has 0 aliphatic carbocycles. The van der Waals surface area contributed by atoms with Gasteiger partial charge in [-0.2, -0.15) is 5.10 Å². The summed E-state index contributed by atoms with van der Waals surface area (Å²) in [6.07, 6.45) is 3.15. The highest BCUT2D eigenvalue weighted by Gasteiger charge is 2.15. The molecule has 7 nitrogen and oxygen atoms in total. The van der Waals surface area contributed by atoms with Gasteiger partial charge in [-0.3, -0.25) is 4.79 Å². The van der Waals surface area contributed by atoms with E-state index < -0.39 is 6.04 Å². The van der Waals surface area contributed by atoms with E-state index in [1.165, 1.54) is 0 Å². The number of aromatic nitrogens is 3. The fourth-order valence-electron chi connectivity index (χ4n) is 2.00. The maximum Gasteiger partial charge on any atom is 0.243 e. The van der Waals surface area contributed by atoms with Crippen LogP contribution in [0.5, 0.6) is 0 Å². The topological polar surface area (TPSA) is 92.9 Å². The van der Waals surface area contributed by atoms with Crippen LogP contribution < -0.4 is 10.6 Å². The lowest BCUT2D eigenvalue weighted by Crippen LogP contribution is -2.37. The summed E-state index contributed by atoms with van der Waals surface area (Å²) in [5.74, 6) is 0.923. The van der Waals surface area contributed by atoms with E-state index in [-0.39, 0.29) is 5.91 Å². The van der Waals surface area contributed by atoms with Crippen LogP contribution in [0.15, 0.2) is 22.8 Å². The number of rotatable bonds is 7. The van der Waals surface area contributed by atoms with Crippen molar-refractivity contribution in [2.24, 2.45) is 0 Å². The van der Waals surface area contributed by atoms with Crippen LogP contribution in [-0.2, 0) is 24.2 Å². The van der Waals surface area contributed by atoms with Gasteiger partial charge in [-0.05, 0) is 31.9 Å². The molecule has 0 aliphatic rings. The van der Waals surface area contributed by atoms with Crippen molar-refractivity contribution in [1.29, 1.82) is 0 Å². The van der Waals surface area contributed by atoms with Crippen LogP contribution in [0, 0.1) is 0 Å². The van der Waals surface area contributed by atoms with E-state index in [9.17, 15) is 4.79 Å². The van der Waals surface area contributed by atoms with E-state index >= 15 is 0 Å². The quantitative estimate of drug-likeness (QED) is 0.809. The summed E-state index contributed by atoms with van der Waals surface area (Å²) in [7, 11) is 0. The molecule has 7 heteroatoms. The number of hydrogen-bond acceptors (Lipinski definition) is 6. The number of anilines is 1. The van der Waals surface area contributed by atoms with Gasteiger partial charge in [0.15, 0.2) is 0 Å². The Morgan fingerprint density at radius 3 is 2.68 bits per heavy atom. The van der Waals surface area contributed by atoms with Gasteiger partial charge in [-0.25, -0.2) is 4.98 Å². The molecule has 2 aromatic rings. The van der Waals surface area contributed by atoms with Gasteiger partial charge in [-0.15, -0.1) is 5.10 Å². The third kappa shape index (κ3) is 4.03. The second kappa shape index (κ2) is 7.53. The minimum Gasteiger partial charge on any atom is -0.467 e. The van der Waals surface area contributed by atoms with Crippen molar-refractivity contribution in [3.63, 3.8) is 0 Å². The molecule has 22 heavy (non-hydrogen) atoms. The van der Waals surface area contributed by atoms with E-state index in [2.05, 4.69) is 25.8 Å². The molecule has 1 atom stereocenters. The summed E-state index contributed by atoms with van der Waals surface area (Å²) in [4.78, 5) is 16.4. The van der Waals surface area contributed by atoms with Crippen molar-refractivity contribution in [3.8, 4) is 0 Å². The normalized spacial score (nSPS) is 12.0. The van der Waals surface area contributed by atoms with Crippen molar-refractivity contribution in [2.45, 2.75) is 46.2 Å². The Morgan fingerprint density at radius 1 is 1.27 bits per heavy atom. The van der Waals surface area contributed by atoms with Crippen molar-refractivity contribution in [1.82, 2.24) is 20.5 Å². The highest BCUT2D eigenvalue weighted by Crippen LogP contribution is 2.08. The molecule has 0 saturated heterocycles. The molecular formula is C15H21N5O2. The molecule has 0 fully saturated rings. The van der Waals surface area contributed by atoms with Crippen LogP contribution in [0.4, 0.5) is 5.95 Å². The zero-order valence-electron chi connectivity index (χ0n) is 13.1. The number of hydrogen-bond donors (Lipinski definition) is 2. The number of carbonyl (C=O) groups excluding carboxylic acids is 1. The second-order valence-electron chi connectivity index (χ2n) is 4.90. The molecule has 0 saturated carbocycles. The van der Waals surface area contributed by atoms with Gasteiger partial charge in [0.1, 0.15) is 11.8 Å². The molecule has 0 aromatic carbocycles. The molecule has 2 heterocycles. The first-order valence-corrected chi connectivity index (χ1v) is 7.43. The van der Waals surface area contributed by atoms with Gasteiger partial charge < -0.3 is 15.1 Å². The van der Waals surface area contributed by atoms with Gasteiger partial charge in [0.05, 0.1) is 24.2 Å². The monoisotopic (exact) mass is 303 g/mol. The first-order chi connectivity index (χ1) is 10.6. The molecular weight excluding hydrogens is 282 g/mol. The summed E-state index contributed by atoms with van der Waals surface area (Å²) in [6, 6.07) is 3.13. The third-order valence-corrected chi connectivity index (χ3v) is 3.27. The van der Waals surface area contributed by atoms with Crippen molar-refractivity contribution < 1.29 is 9.21 Å². The summed E-state index contributed by atoms with van der Waals surface area (Å²) < 4.78 is 5.17. The minimum absolute atomic E-state index is 0.155. The zero-order valence-corrected chi connectivity index (χ0v) is 13.1. The number of amides is 1. The predicted octanol–water partition coefficient (Wildman–Crippen LogP) is 1.71. The first-order valence-electron chi connectivity index (χ1n) is 7.43. The Balaban J connectivity index is 1.93. The van der Waals surface area contributed by atoms with Crippen LogP contribution in [-0.4, -0.2) is 27.1 Å². The molecule has 0 aliphatic heterocycles. The third-order valence-electron chi connectivity index (χ3n) is 3.27. The van der Waals surface area contributed by atoms with Crippen molar-refractivity contribution in [2.75, 3.05) is 5.32 Å². The number of nitrogens with one attached hydrogen (secondary N) is 2. The van der Waals surface area contributed by atoms with E-state index in [4.69, 9.17) is 4.42 Å². The van der Waals surface area contributed by atoms with Crippen LogP contribution in [0.2, 0.25) is 0 Å². The van der Waals surface area contributed by atoms with E-state index in [0.29, 0.717) is 18.3 Å². The standard InChI is InChI=1S/C15H21N5O2/c1-4-12-13(5-2)19-20-15(18-12)17-10(3)14(21)16-9-11-7-6-8-22-11/h6-8,10H,4-5,9H2,1-3H3,(H,16,21)(H,17,18,20). The average Bonchev–Trinajstić information content (AvgIpc) is 3.05. The second-order valence-corrected chi connectivity index (χ2v) is 4.90. The van der Waals surface area contributed by atoms with Crippen LogP contribution in [0.1, 0.15) is 37.9 Å². The molecule has 2 rings (SSSR count). The molecule has 118 valence electrons. The van der Waals surface area contributed by atoms with Crippen LogP contribution in [0.3, 0.4) is 0 Å². The van der Waals surface area contributed by atoms with Crippen LogP contribution in [0.25, 0.3) is 0 Å². The summed E-state index contributed by atoms with van der Waals surface area (Å²) in [5, 5.41) is 13.9. The lowest BCUT2D eigenvalue weighted by molar-refractivity contribution is -0.121. The molecule has 0 bridgehead atoms. The van der Waals surface area contributed by atoms with E-state index in [0.717, 1.165) is 24.2 Å². The predicted molar refractivity (Wildman–Crippen MR) is 82.2 cm³/mol. The van der Waals surface area contributed by atoms with Crippen LogP contribution >= 0.6 is 0 Å². The molecule has 1 amide bonds. The number of furan rings is 1. The summed E-state index contributed by atoms with van der Waals surface area (Å²) >= 11 is 0. The largest absolute Gasteiger partial charge is 0.467 e. The fourth-order valence-corrected chi connectivity index (χ4v) is 2.00. The van der Waals surface area contributed by atoms with Gasteiger partial charge in [-0.1, -0.05) is 13.8 Å². The Morgan fingerprint density at radius 2 is 2.05 bits per heavy atom. The zero-order chi connectivity index (χ0) is 15.9. The Labute approximate surface area is 129 Å². The lowest BCUT2D eigenvalue weighted by atomic mass is 10.2. The lowest BCUT2D eigenvalue weighted by Gasteiger charge is -2.14. The van der Waals surface area contributed by atoms with Gasteiger partial charge in [0.2, 0.25) is 11.9 Å². The first kappa shape index (κ1) is 15.9. The highest BCUT2D eigenvalue weighted by atomic mass is 16.3. The Hall–Kier alpha value is -2.44. The molecule has 0 radical (unpaired) electrons. The minimum atomic E-state index is -0.464. The highest BCUT2D eigenvalue weighted by molar-refractivity contribution is 5.83. The average molecular weight is 303 g/mol. The number of nitrogens with zero attached hydrogens (tertiary/aromatic N) is 3. The van der Waals surface area contributed by atoms with E-state index in [1.54, 1.807) is 19.3 Å². The summed E-state index contributed by atoms with van der Waals surface area (Å²) in [6.45, 7) is 6.14. The maximum atomic E-state index is 12.0. The Kier molecular flexibility index (Phi) is 5.46.